The lowest BCUT2D eigenvalue weighted by Gasteiger charge is -2.47. The molecule has 0 aromatic heterocycles. The fourth-order valence-electron chi connectivity index (χ4n) is 7.22. The molecule has 1 aliphatic heterocycles. The molecule has 2 atom stereocenters. The number of aliphatic hydroxyl groups is 2. The van der Waals surface area contributed by atoms with E-state index < -0.39 is 12.2 Å². The fourth-order valence-corrected chi connectivity index (χ4v) is 7.22. The first-order valence-electron chi connectivity index (χ1n) is 16.8. The van der Waals surface area contributed by atoms with Gasteiger partial charge >= 0.3 is 0 Å². The van der Waals surface area contributed by atoms with Crippen molar-refractivity contribution in [1.29, 1.82) is 0 Å². The summed E-state index contributed by atoms with van der Waals surface area (Å²) in [7, 11) is 0. The van der Waals surface area contributed by atoms with Crippen molar-refractivity contribution in [3.8, 4) is 0 Å². The van der Waals surface area contributed by atoms with E-state index in [1.807, 2.05) is 66.9 Å². The predicted octanol–water partition coefficient (Wildman–Crippen LogP) is 9.84. The number of benzene rings is 6. The predicted molar refractivity (Wildman–Crippen MR) is 200 cm³/mol. The number of hydrogen-bond donors (Lipinski definition) is 2. The smallest absolute Gasteiger partial charge is 0.0724 e. The Labute approximate surface area is 287 Å². The van der Waals surface area contributed by atoms with Crippen molar-refractivity contribution < 1.29 is 10.2 Å². The third-order valence-corrected chi connectivity index (χ3v) is 9.71. The largest absolute Gasteiger partial charge is 0.392 e. The van der Waals surface area contributed by atoms with Crippen LogP contribution in [0.5, 0.6) is 0 Å². The van der Waals surface area contributed by atoms with E-state index in [1.54, 1.807) is 0 Å². The van der Waals surface area contributed by atoms with E-state index in [2.05, 4.69) is 119 Å². The molecular weight excluding hydrogens is 603 g/mol. The number of hydrogen-bond acceptors (Lipinski definition) is 5. The van der Waals surface area contributed by atoms with Crippen molar-refractivity contribution in [1.82, 2.24) is 0 Å². The van der Waals surface area contributed by atoms with Gasteiger partial charge in [0.15, 0.2) is 0 Å². The van der Waals surface area contributed by atoms with Gasteiger partial charge in [0.2, 0.25) is 0 Å². The molecule has 5 nitrogen and oxygen atoms in total. The molecule has 2 aliphatic rings. The van der Waals surface area contributed by atoms with Crippen LogP contribution in [0, 0.1) is 5.92 Å². The lowest BCUT2D eigenvalue weighted by molar-refractivity contribution is -0.0994. The number of rotatable bonds is 9. The molecule has 2 unspecified atom stereocenters. The summed E-state index contributed by atoms with van der Waals surface area (Å²) in [6, 6.07) is 57.9. The van der Waals surface area contributed by atoms with Crippen LogP contribution in [0.1, 0.15) is 23.5 Å². The second-order valence-corrected chi connectivity index (χ2v) is 12.6. The van der Waals surface area contributed by atoms with Crippen molar-refractivity contribution in [3.63, 3.8) is 0 Å². The molecule has 1 fully saturated rings. The van der Waals surface area contributed by atoms with Crippen LogP contribution < -0.4 is 9.80 Å². The van der Waals surface area contributed by atoms with Gasteiger partial charge in [0.05, 0.1) is 17.9 Å². The first-order valence-corrected chi connectivity index (χ1v) is 16.8. The molecule has 8 rings (SSSR count). The molecule has 240 valence electrons. The molecule has 0 spiro atoms. The second-order valence-electron chi connectivity index (χ2n) is 12.6. The molecule has 0 saturated heterocycles. The topological polar surface area (TPSA) is 59.3 Å². The lowest BCUT2D eigenvalue weighted by Crippen LogP contribution is -2.54. The SMILES string of the molecule is OC1C(C2=CN=C(c3ccc(N(c4ccccc4)c4ccccc4)cc3)C2)C(O)C1c1ccc(N(c2ccccc2)c2ccccc2)cc1. The number of aliphatic hydroxyl groups excluding tert-OH is 2. The Morgan fingerprint density at radius 3 is 1.20 bits per heavy atom. The fraction of sp³-hybridized carbons (Fsp3) is 0.114. The zero-order valence-corrected chi connectivity index (χ0v) is 27.0. The Bertz CT molecular complexity index is 1980. The van der Waals surface area contributed by atoms with Crippen LogP contribution in [0.25, 0.3) is 0 Å². The van der Waals surface area contributed by atoms with Gasteiger partial charge in [0.1, 0.15) is 0 Å². The number of anilines is 6. The van der Waals surface area contributed by atoms with Crippen molar-refractivity contribution >= 4 is 39.8 Å². The Morgan fingerprint density at radius 1 is 0.429 bits per heavy atom. The summed E-state index contributed by atoms with van der Waals surface area (Å²) in [6.45, 7) is 0. The molecule has 6 aromatic carbocycles. The van der Waals surface area contributed by atoms with Crippen LogP contribution in [0.15, 0.2) is 187 Å². The Hall–Kier alpha value is -5.75. The van der Waals surface area contributed by atoms with Crippen molar-refractivity contribution in [3.05, 3.63) is 193 Å². The highest BCUT2D eigenvalue weighted by molar-refractivity contribution is 6.04. The number of aliphatic imine (C=N–C) groups is 1. The second kappa shape index (κ2) is 13.4. The van der Waals surface area contributed by atoms with Crippen LogP contribution in [-0.4, -0.2) is 28.1 Å². The highest BCUT2D eigenvalue weighted by Crippen LogP contribution is 2.48. The van der Waals surface area contributed by atoms with Crippen LogP contribution >= 0.6 is 0 Å². The number of para-hydroxylation sites is 4. The van der Waals surface area contributed by atoms with Gasteiger partial charge in [-0.15, -0.1) is 0 Å². The average molecular weight is 640 g/mol. The van der Waals surface area contributed by atoms with Crippen LogP contribution in [-0.2, 0) is 0 Å². The summed E-state index contributed by atoms with van der Waals surface area (Å²) in [6.07, 6.45) is 1.08. The molecule has 49 heavy (non-hydrogen) atoms. The molecule has 1 aliphatic carbocycles. The molecule has 0 radical (unpaired) electrons. The van der Waals surface area contributed by atoms with Gasteiger partial charge in [0.25, 0.3) is 0 Å². The Kier molecular flexibility index (Phi) is 8.36. The van der Waals surface area contributed by atoms with E-state index in [1.165, 1.54) is 0 Å². The van der Waals surface area contributed by atoms with Crippen LogP contribution in [0.2, 0.25) is 0 Å². The summed E-state index contributed by atoms with van der Waals surface area (Å²) in [4.78, 5) is 9.19. The monoisotopic (exact) mass is 639 g/mol. The summed E-state index contributed by atoms with van der Waals surface area (Å²) >= 11 is 0. The minimum absolute atomic E-state index is 0.345. The van der Waals surface area contributed by atoms with E-state index in [-0.39, 0.29) is 11.8 Å². The normalized spacial score (nSPS) is 19.8. The Balaban J connectivity index is 0.952. The molecule has 1 heterocycles. The maximum absolute atomic E-state index is 11.4. The van der Waals surface area contributed by atoms with Gasteiger partial charge in [-0.1, -0.05) is 97.1 Å². The summed E-state index contributed by atoms with van der Waals surface area (Å²) < 4.78 is 0. The molecule has 2 N–H and O–H groups in total. The van der Waals surface area contributed by atoms with E-state index in [0.717, 1.165) is 56.5 Å². The standard InChI is InChI=1S/C44H37N3O2/c48-43-41(32-23-27-39(28-24-32)47(36-17-9-3-10-18-36)37-19-11-4-12-20-37)44(49)42(43)33-29-40(45-30-33)31-21-25-38(26-22-31)46(34-13-5-1-6-14-34)35-15-7-2-8-16-35/h1-28,30,41-44,48-49H,29H2. The van der Waals surface area contributed by atoms with Gasteiger partial charge in [-0.25, -0.2) is 0 Å². The van der Waals surface area contributed by atoms with Gasteiger partial charge in [0, 0.05) is 58.6 Å². The van der Waals surface area contributed by atoms with Crippen molar-refractivity contribution in [2.75, 3.05) is 9.80 Å². The molecule has 1 saturated carbocycles. The average Bonchev–Trinajstić information content (AvgIpc) is 3.64. The maximum atomic E-state index is 11.4. The number of nitrogens with zero attached hydrogens (tertiary/aromatic N) is 3. The Morgan fingerprint density at radius 2 is 0.796 bits per heavy atom. The summed E-state index contributed by atoms with van der Waals surface area (Å²) in [5.74, 6) is -0.700. The maximum Gasteiger partial charge on any atom is 0.0724 e. The minimum atomic E-state index is -0.686. The third-order valence-electron chi connectivity index (χ3n) is 9.71. The van der Waals surface area contributed by atoms with E-state index >= 15 is 0 Å². The van der Waals surface area contributed by atoms with E-state index in [0.29, 0.717) is 6.42 Å². The lowest BCUT2D eigenvalue weighted by atomic mass is 9.62. The molecule has 0 amide bonds. The molecule has 0 bridgehead atoms. The van der Waals surface area contributed by atoms with Gasteiger partial charge < -0.3 is 20.0 Å². The first kappa shape index (κ1) is 30.6. The zero-order chi connectivity index (χ0) is 33.2. The van der Waals surface area contributed by atoms with E-state index in [4.69, 9.17) is 4.99 Å². The summed E-state index contributed by atoms with van der Waals surface area (Å²) in [5, 5.41) is 22.8. The summed E-state index contributed by atoms with van der Waals surface area (Å²) in [5.41, 5.74) is 10.3. The zero-order valence-electron chi connectivity index (χ0n) is 27.0. The van der Waals surface area contributed by atoms with Crippen LogP contribution in [0.4, 0.5) is 34.1 Å². The van der Waals surface area contributed by atoms with Crippen molar-refractivity contribution in [2.45, 2.75) is 24.5 Å². The highest BCUT2D eigenvalue weighted by atomic mass is 16.3. The van der Waals surface area contributed by atoms with Crippen molar-refractivity contribution in [2.24, 2.45) is 10.9 Å². The molecule has 6 aromatic rings. The van der Waals surface area contributed by atoms with Gasteiger partial charge in [-0.05, 0) is 89.5 Å². The highest BCUT2D eigenvalue weighted by Gasteiger charge is 2.51. The minimum Gasteiger partial charge on any atom is -0.392 e. The quantitative estimate of drug-likeness (QED) is 0.165. The third kappa shape index (κ3) is 5.95. The van der Waals surface area contributed by atoms with E-state index in [9.17, 15) is 10.2 Å². The first-order chi connectivity index (χ1) is 24.2. The van der Waals surface area contributed by atoms with Gasteiger partial charge in [-0.2, -0.15) is 0 Å². The van der Waals surface area contributed by atoms with Crippen LogP contribution in [0.3, 0.4) is 0 Å². The molecule has 5 heteroatoms. The molecular formula is C44H37N3O2. The van der Waals surface area contributed by atoms with Gasteiger partial charge in [-0.3, -0.25) is 4.99 Å².